The number of ether oxygens (including phenoxy) is 1. The Morgan fingerprint density at radius 2 is 2.03 bits per heavy atom. The van der Waals surface area contributed by atoms with E-state index in [0.29, 0.717) is 31.9 Å². The van der Waals surface area contributed by atoms with Gasteiger partial charge in [0.2, 0.25) is 0 Å². The summed E-state index contributed by atoms with van der Waals surface area (Å²) >= 11 is 0. The number of nitrogens with zero attached hydrogens (tertiary/aromatic N) is 8. The van der Waals surface area contributed by atoms with E-state index < -0.39 is 0 Å². The fourth-order valence-electron chi connectivity index (χ4n) is 4.36. The van der Waals surface area contributed by atoms with Crippen LogP contribution in [0.5, 0.6) is 5.75 Å². The lowest BCUT2D eigenvalue weighted by atomic mass is 9.83. The highest BCUT2D eigenvalue weighted by Crippen LogP contribution is 2.36. The van der Waals surface area contributed by atoms with Gasteiger partial charge in [-0.15, -0.1) is 10.2 Å². The molecule has 0 unspecified atom stereocenters. The van der Waals surface area contributed by atoms with Crippen molar-refractivity contribution in [1.82, 2.24) is 29.7 Å². The van der Waals surface area contributed by atoms with Gasteiger partial charge in [-0.3, -0.25) is 0 Å². The molecule has 3 aromatic heterocycles. The van der Waals surface area contributed by atoms with Crippen molar-refractivity contribution in [3.63, 3.8) is 0 Å². The predicted molar refractivity (Wildman–Crippen MR) is 128 cm³/mol. The number of pyridine rings is 1. The lowest BCUT2D eigenvalue weighted by molar-refractivity contribution is 0.335. The third-order valence-electron chi connectivity index (χ3n) is 6.06. The van der Waals surface area contributed by atoms with Crippen LogP contribution in [0.3, 0.4) is 0 Å². The predicted octanol–water partition coefficient (Wildman–Crippen LogP) is 3.47. The SMILES string of the molecule is CCOc1cc(-c2nncn2C)ccc1Cc1ncc2cc(C)nc(N3CC(C)(C#N)C3)c2n1. The zero-order valence-electron chi connectivity index (χ0n) is 19.8. The monoisotopic (exact) mass is 454 g/mol. The minimum atomic E-state index is -0.343. The Morgan fingerprint density at radius 3 is 2.74 bits per heavy atom. The number of benzene rings is 1. The number of aromatic nitrogens is 6. The minimum Gasteiger partial charge on any atom is -0.494 e. The van der Waals surface area contributed by atoms with E-state index in [9.17, 15) is 5.26 Å². The molecule has 0 aliphatic carbocycles. The molecule has 1 aromatic carbocycles. The first kappa shape index (κ1) is 21.8. The number of nitriles is 1. The largest absolute Gasteiger partial charge is 0.494 e. The Bertz CT molecular complexity index is 1410. The summed E-state index contributed by atoms with van der Waals surface area (Å²) in [6.07, 6.45) is 4.05. The Hall–Kier alpha value is -4.06. The lowest BCUT2D eigenvalue weighted by Gasteiger charge is -2.44. The zero-order valence-corrected chi connectivity index (χ0v) is 19.8. The Morgan fingerprint density at radius 1 is 1.21 bits per heavy atom. The van der Waals surface area contributed by atoms with Crippen LogP contribution in [0.4, 0.5) is 5.82 Å². The maximum atomic E-state index is 9.41. The van der Waals surface area contributed by atoms with Gasteiger partial charge in [-0.05, 0) is 32.9 Å². The van der Waals surface area contributed by atoms with Gasteiger partial charge in [-0.25, -0.2) is 15.0 Å². The van der Waals surface area contributed by atoms with Gasteiger partial charge < -0.3 is 14.2 Å². The van der Waals surface area contributed by atoms with E-state index in [-0.39, 0.29) is 5.41 Å². The summed E-state index contributed by atoms with van der Waals surface area (Å²) < 4.78 is 7.83. The van der Waals surface area contributed by atoms with Crippen molar-refractivity contribution in [2.75, 3.05) is 24.6 Å². The van der Waals surface area contributed by atoms with Crippen LogP contribution in [-0.2, 0) is 13.5 Å². The summed E-state index contributed by atoms with van der Waals surface area (Å²) in [6.45, 7) is 7.75. The molecule has 0 N–H and O–H groups in total. The van der Waals surface area contributed by atoms with E-state index in [1.807, 2.05) is 62.8 Å². The van der Waals surface area contributed by atoms with Gasteiger partial charge >= 0.3 is 0 Å². The number of aryl methyl sites for hydroxylation is 2. The van der Waals surface area contributed by atoms with E-state index in [4.69, 9.17) is 14.7 Å². The van der Waals surface area contributed by atoms with Crippen LogP contribution in [0.2, 0.25) is 0 Å². The summed E-state index contributed by atoms with van der Waals surface area (Å²) in [6, 6.07) is 10.4. The average molecular weight is 455 g/mol. The fraction of sp³-hybridized carbons (Fsp3) is 0.360. The summed E-state index contributed by atoms with van der Waals surface area (Å²) in [5.74, 6) is 3.06. The van der Waals surface area contributed by atoms with Crippen molar-refractivity contribution in [2.24, 2.45) is 12.5 Å². The van der Waals surface area contributed by atoms with Crippen molar-refractivity contribution in [2.45, 2.75) is 27.2 Å². The molecule has 1 saturated heterocycles. The fourth-order valence-corrected chi connectivity index (χ4v) is 4.36. The molecule has 0 atom stereocenters. The van der Waals surface area contributed by atoms with E-state index in [2.05, 4.69) is 26.2 Å². The topological polar surface area (TPSA) is 106 Å². The average Bonchev–Trinajstić information content (AvgIpc) is 3.24. The quantitative estimate of drug-likeness (QED) is 0.436. The molecule has 0 spiro atoms. The zero-order chi connectivity index (χ0) is 23.9. The number of anilines is 1. The van der Waals surface area contributed by atoms with Crippen LogP contribution in [-0.4, -0.2) is 49.4 Å². The van der Waals surface area contributed by atoms with Crippen molar-refractivity contribution in [3.8, 4) is 23.2 Å². The second-order valence-corrected chi connectivity index (χ2v) is 9.04. The lowest BCUT2D eigenvalue weighted by Crippen LogP contribution is -2.54. The molecule has 9 heteroatoms. The Balaban J connectivity index is 1.49. The molecule has 0 bridgehead atoms. The highest BCUT2D eigenvalue weighted by molar-refractivity contribution is 5.89. The molecule has 4 heterocycles. The van der Waals surface area contributed by atoms with E-state index in [1.165, 1.54) is 0 Å². The van der Waals surface area contributed by atoms with Crippen LogP contribution in [0.15, 0.2) is 36.8 Å². The second-order valence-electron chi connectivity index (χ2n) is 9.04. The minimum absolute atomic E-state index is 0.343. The van der Waals surface area contributed by atoms with Crippen LogP contribution >= 0.6 is 0 Å². The number of fused-ring (bicyclic) bond motifs is 1. The first-order valence-corrected chi connectivity index (χ1v) is 11.3. The Kier molecular flexibility index (Phi) is 5.36. The summed E-state index contributed by atoms with van der Waals surface area (Å²) in [7, 11) is 1.91. The van der Waals surface area contributed by atoms with Crippen LogP contribution in [0, 0.1) is 23.7 Å². The van der Waals surface area contributed by atoms with Crippen molar-refractivity contribution < 1.29 is 4.74 Å². The molecule has 0 radical (unpaired) electrons. The van der Waals surface area contributed by atoms with Crippen LogP contribution < -0.4 is 9.64 Å². The van der Waals surface area contributed by atoms with Gasteiger partial charge in [0.15, 0.2) is 11.6 Å². The maximum Gasteiger partial charge on any atom is 0.163 e. The van der Waals surface area contributed by atoms with Gasteiger partial charge in [0.1, 0.15) is 23.4 Å². The molecule has 4 aromatic rings. The van der Waals surface area contributed by atoms with Crippen molar-refractivity contribution in [1.29, 1.82) is 5.26 Å². The number of rotatable bonds is 6. The number of hydrogen-bond acceptors (Lipinski definition) is 8. The molecular weight excluding hydrogens is 428 g/mol. The Labute approximate surface area is 198 Å². The van der Waals surface area contributed by atoms with Gasteiger partial charge in [0.25, 0.3) is 0 Å². The third-order valence-corrected chi connectivity index (χ3v) is 6.06. The molecule has 5 rings (SSSR count). The molecular formula is C25H26N8O. The van der Waals surface area contributed by atoms with Gasteiger partial charge in [-0.1, -0.05) is 12.1 Å². The van der Waals surface area contributed by atoms with Crippen LogP contribution in [0.25, 0.3) is 22.3 Å². The standard InChI is InChI=1S/C25H26N8O/c1-5-34-20-9-18(23-31-28-15-32(23)4)7-6-17(20)10-21-27-11-19-8-16(2)29-24(22(19)30-21)33-13-25(3,12-26)14-33/h6-9,11,15H,5,10,13-14H2,1-4H3. The molecule has 34 heavy (non-hydrogen) atoms. The third kappa shape index (κ3) is 3.92. The van der Waals surface area contributed by atoms with E-state index in [0.717, 1.165) is 45.1 Å². The molecule has 1 aliphatic rings. The second kappa shape index (κ2) is 8.37. The first-order valence-electron chi connectivity index (χ1n) is 11.3. The van der Waals surface area contributed by atoms with Gasteiger partial charge in [0.05, 0.1) is 18.1 Å². The highest BCUT2D eigenvalue weighted by atomic mass is 16.5. The molecule has 172 valence electrons. The molecule has 0 amide bonds. The maximum absolute atomic E-state index is 9.41. The van der Waals surface area contributed by atoms with Crippen molar-refractivity contribution >= 4 is 16.7 Å². The van der Waals surface area contributed by atoms with E-state index in [1.54, 1.807) is 6.33 Å². The molecule has 0 saturated carbocycles. The van der Waals surface area contributed by atoms with E-state index >= 15 is 0 Å². The molecule has 9 nitrogen and oxygen atoms in total. The van der Waals surface area contributed by atoms with Gasteiger partial charge in [-0.2, -0.15) is 5.26 Å². The normalized spacial score (nSPS) is 14.6. The number of hydrogen-bond donors (Lipinski definition) is 0. The van der Waals surface area contributed by atoms with Crippen LogP contribution in [0.1, 0.15) is 30.9 Å². The smallest absolute Gasteiger partial charge is 0.163 e. The summed E-state index contributed by atoms with van der Waals surface area (Å²) in [5.41, 5.74) is 3.30. The summed E-state index contributed by atoms with van der Waals surface area (Å²) in [5, 5.41) is 18.5. The van der Waals surface area contributed by atoms with Crippen molar-refractivity contribution in [3.05, 3.63) is 53.9 Å². The summed E-state index contributed by atoms with van der Waals surface area (Å²) in [4.78, 5) is 16.4. The first-order chi connectivity index (χ1) is 16.4. The van der Waals surface area contributed by atoms with Gasteiger partial charge in [0, 0.05) is 55.0 Å². The molecule has 1 fully saturated rings. The highest BCUT2D eigenvalue weighted by Gasteiger charge is 2.40. The molecule has 1 aliphatic heterocycles.